The summed E-state index contributed by atoms with van der Waals surface area (Å²) in [7, 11) is 0. The number of hydrogen-bond acceptors (Lipinski definition) is 4. The van der Waals surface area contributed by atoms with Crippen molar-refractivity contribution in [3.05, 3.63) is 0 Å². The fourth-order valence-electron chi connectivity index (χ4n) is 2.72. The third-order valence-corrected chi connectivity index (χ3v) is 4.14. The van der Waals surface area contributed by atoms with Gasteiger partial charge in [-0.3, -0.25) is 14.4 Å². The molecule has 0 aromatic rings. The lowest BCUT2D eigenvalue weighted by Crippen LogP contribution is -2.50. The fraction of sp³-hybridized carbons (Fsp3) is 0.824. The Hall–Kier alpha value is -1.63. The minimum atomic E-state index is -0.143. The van der Waals surface area contributed by atoms with Crippen LogP contribution in [0.25, 0.3) is 0 Å². The summed E-state index contributed by atoms with van der Waals surface area (Å²) in [6.45, 7) is 7.26. The van der Waals surface area contributed by atoms with Crippen LogP contribution < -0.4 is 11.1 Å². The molecule has 1 fully saturated rings. The minimum absolute atomic E-state index is 0.0180. The Morgan fingerprint density at radius 2 is 1.54 bits per heavy atom. The number of unbranched alkanes of at least 4 members (excludes halogenated alkanes) is 2. The Morgan fingerprint density at radius 3 is 2.08 bits per heavy atom. The summed E-state index contributed by atoms with van der Waals surface area (Å²) in [5, 5.41) is 2.72. The standard InChI is InChI=1S/C17H32N4O3/c1-14(2)12-17(24)21-10-8-20(9-11-21)16(23)6-4-3-5-7-19-15(22)13-18/h14H,3-13,18H2,1-2H3,(H,19,22). The predicted octanol–water partition coefficient (Wildman–Crippen LogP) is 0.339. The maximum Gasteiger partial charge on any atom is 0.233 e. The highest BCUT2D eigenvalue weighted by molar-refractivity contribution is 5.78. The molecule has 1 heterocycles. The summed E-state index contributed by atoms with van der Waals surface area (Å²) in [5.74, 6) is 0.580. The summed E-state index contributed by atoms with van der Waals surface area (Å²) in [4.78, 5) is 38.9. The molecule has 1 saturated heterocycles. The maximum absolute atomic E-state index is 12.2. The van der Waals surface area contributed by atoms with Gasteiger partial charge in [0.15, 0.2) is 0 Å². The number of nitrogens with two attached hydrogens (primary N) is 1. The van der Waals surface area contributed by atoms with Crippen molar-refractivity contribution in [2.45, 2.75) is 46.0 Å². The average Bonchev–Trinajstić information content (AvgIpc) is 2.56. The molecule has 3 amide bonds. The third-order valence-electron chi connectivity index (χ3n) is 4.14. The first-order chi connectivity index (χ1) is 11.4. The lowest BCUT2D eigenvalue weighted by Gasteiger charge is -2.35. The number of piperazine rings is 1. The molecule has 0 aromatic heterocycles. The Morgan fingerprint density at radius 1 is 0.958 bits per heavy atom. The van der Waals surface area contributed by atoms with Gasteiger partial charge in [0.1, 0.15) is 0 Å². The molecule has 0 spiro atoms. The SMILES string of the molecule is CC(C)CC(=O)N1CCN(C(=O)CCCCCNC(=O)CN)CC1. The zero-order chi connectivity index (χ0) is 17.9. The summed E-state index contributed by atoms with van der Waals surface area (Å²) in [5.41, 5.74) is 5.20. The van der Waals surface area contributed by atoms with Crippen molar-refractivity contribution < 1.29 is 14.4 Å². The Balaban J connectivity index is 2.13. The maximum atomic E-state index is 12.2. The van der Waals surface area contributed by atoms with Gasteiger partial charge in [-0.25, -0.2) is 0 Å². The van der Waals surface area contributed by atoms with Crippen LogP contribution in [0.2, 0.25) is 0 Å². The van der Waals surface area contributed by atoms with Gasteiger partial charge in [0, 0.05) is 45.6 Å². The van der Waals surface area contributed by atoms with Gasteiger partial charge in [-0.15, -0.1) is 0 Å². The molecule has 0 radical (unpaired) electrons. The monoisotopic (exact) mass is 340 g/mol. The van der Waals surface area contributed by atoms with Crippen molar-refractivity contribution >= 4 is 17.7 Å². The predicted molar refractivity (Wildman–Crippen MR) is 93.1 cm³/mol. The van der Waals surface area contributed by atoms with E-state index in [1.165, 1.54) is 0 Å². The Kier molecular flexibility index (Phi) is 9.37. The smallest absolute Gasteiger partial charge is 0.233 e. The van der Waals surface area contributed by atoms with Crippen LogP contribution in [0.15, 0.2) is 0 Å². The molecule has 1 aliphatic rings. The molecule has 24 heavy (non-hydrogen) atoms. The van der Waals surface area contributed by atoms with Crippen LogP contribution in [-0.2, 0) is 14.4 Å². The quantitative estimate of drug-likeness (QED) is 0.592. The van der Waals surface area contributed by atoms with E-state index in [1.54, 1.807) is 0 Å². The lowest BCUT2D eigenvalue weighted by atomic mass is 10.1. The van der Waals surface area contributed by atoms with E-state index in [9.17, 15) is 14.4 Å². The Labute approximate surface area is 144 Å². The van der Waals surface area contributed by atoms with E-state index in [-0.39, 0.29) is 24.3 Å². The van der Waals surface area contributed by atoms with E-state index >= 15 is 0 Å². The van der Waals surface area contributed by atoms with E-state index in [2.05, 4.69) is 5.32 Å². The number of carbonyl (C=O) groups excluding carboxylic acids is 3. The van der Waals surface area contributed by atoms with Crippen LogP contribution in [0.1, 0.15) is 46.0 Å². The molecule has 0 aromatic carbocycles. The Bertz CT molecular complexity index is 418. The van der Waals surface area contributed by atoms with E-state index in [1.807, 2.05) is 23.6 Å². The van der Waals surface area contributed by atoms with Crippen LogP contribution >= 0.6 is 0 Å². The zero-order valence-corrected chi connectivity index (χ0v) is 15.1. The van der Waals surface area contributed by atoms with Gasteiger partial charge >= 0.3 is 0 Å². The van der Waals surface area contributed by atoms with Gasteiger partial charge in [0.25, 0.3) is 0 Å². The summed E-state index contributed by atoms with van der Waals surface area (Å²) in [6.07, 6.45) is 3.70. The van der Waals surface area contributed by atoms with Crippen molar-refractivity contribution in [2.75, 3.05) is 39.3 Å². The molecule has 138 valence electrons. The third kappa shape index (κ3) is 7.77. The van der Waals surface area contributed by atoms with Crippen LogP contribution in [0.5, 0.6) is 0 Å². The largest absolute Gasteiger partial charge is 0.355 e. The molecule has 0 unspecified atom stereocenters. The normalized spacial score (nSPS) is 14.8. The van der Waals surface area contributed by atoms with Crippen LogP contribution in [0.3, 0.4) is 0 Å². The van der Waals surface area contributed by atoms with Gasteiger partial charge < -0.3 is 20.9 Å². The van der Waals surface area contributed by atoms with E-state index in [4.69, 9.17) is 5.73 Å². The molecular formula is C17H32N4O3. The van der Waals surface area contributed by atoms with Crippen LogP contribution in [0.4, 0.5) is 0 Å². The van der Waals surface area contributed by atoms with Crippen molar-refractivity contribution in [2.24, 2.45) is 11.7 Å². The molecular weight excluding hydrogens is 308 g/mol. The van der Waals surface area contributed by atoms with Gasteiger partial charge in [-0.1, -0.05) is 20.3 Å². The van der Waals surface area contributed by atoms with Crippen LogP contribution in [0, 0.1) is 5.92 Å². The number of hydrogen-bond donors (Lipinski definition) is 2. The zero-order valence-electron chi connectivity index (χ0n) is 15.1. The van der Waals surface area contributed by atoms with Crippen LogP contribution in [-0.4, -0.2) is 66.8 Å². The first kappa shape index (κ1) is 20.4. The molecule has 3 N–H and O–H groups in total. The number of rotatable bonds is 9. The molecule has 7 heteroatoms. The molecule has 0 bridgehead atoms. The fourth-order valence-corrected chi connectivity index (χ4v) is 2.72. The average molecular weight is 340 g/mol. The molecule has 0 atom stereocenters. The van der Waals surface area contributed by atoms with E-state index < -0.39 is 0 Å². The highest BCUT2D eigenvalue weighted by Crippen LogP contribution is 2.10. The number of amides is 3. The molecule has 1 rings (SSSR count). The topological polar surface area (TPSA) is 95.7 Å². The molecule has 7 nitrogen and oxygen atoms in total. The molecule has 0 aliphatic carbocycles. The number of carbonyl (C=O) groups is 3. The second-order valence-electron chi connectivity index (χ2n) is 6.72. The van der Waals surface area contributed by atoms with Gasteiger partial charge in [0.05, 0.1) is 6.54 Å². The minimum Gasteiger partial charge on any atom is -0.355 e. The first-order valence-electron chi connectivity index (χ1n) is 8.96. The van der Waals surface area contributed by atoms with Crippen molar-refractivity contribution in [3.63, 3.8) is 0 Å². The summed E-state index contributed by atoms with van der Waals surface area (Å²) >= 11 is 0. The highest BCUT2D eigenvalue weighted by atomic mass is 16.2. The van der Waals surface area contributed by atoms with E-state index in [0.29, 0.717) is 51.5 Å². The van der Waals surface area contributed by atoms with Crippen molar-refractivity contribution in [1.29, 1.82) is 0 Å². The van der Waals surface area contributed by atoms with Gasteiger partial charge in [0.2, 0.25) is 17.7 Å². The highest BCUT2D eigenvalue weighted by Gasteiger charge is 2.23. The second-order valence-corrected chi connectivity index (χ2v) is 6.72. The molecule has 0 saturated carbocycles. The summed E-state index contributed by atoms with van der Waals surface area (Å²) in [6, 6.07) is 0. The van der Waals surface area contributed by atoms with Crippen molar-refractivity contribution in [3.8, 4) is 0 Å². The first-order valence-corrected chi connectivity index (χ1v) is 8.96. The van der Waals surface area contributed by atoms with Crippen molar-refractivity contribution in [1.82, 2.24) is 15.1 Å². The van der Waals surface area contributed by atoms with E-state index in [0.717, 1.165) is 19.3 Å². The lowest BCUT2D eigenvalue weighted by molar-refractivity contribution is -0.140. The number of nitrogens with zero attached hydrogens (tertiary/aromatic N) is 2. The summed E-state index contributed by atoms with van der Waals surface area (Å²) < 4.78 is 0. The van der Waals surface area contributed by atoms with Gasteiger partial charge in [-0.2, -0.15) is 0 Å². The second kappa shape index (κ2) is 11.0. The van der Waals surface area contributed by atoms with Gasteiger partial charge in [-0.05, 0) is 18.8 Å². The molecule has 1 aliphatic heterocycles. The number of nitrogens with one attached hydrogen (secondary N) is 1.